The molecule has 19 N–H and O–H groups in total. The second kappa shape index (κ2) is 45.9. The van der Waals surface area contributed by atoms with E-state index in [-0.39, 0.29) is 95.6 Å². The molecule has 0 saturated heterocycles. The Morgan fingerprint density at radius 1 is 0.593 bits per heavy atom. The molecule has 34 nitrogen and oxygen atoms in total. The second-order valence-electron chi connectivity index (χ2n) is 29.4. The zero-order valence-corrected chi connectivity index (χ0v) is 65.5. The molecule has 0 bridgehead atoms. The van der Waals surface area contributed by atoms with Crippen LogP contribution in [0.25, 0.3) is 10.9 Å². The van der Waals surface area contributed by atoms with Crippen LogP contribution in [0.1, 0.15) is 185 Å². The fraction of sp³-hybridized carbons (Fsp3) is 0.557. The summed E-state index contributed by atoms with van der Waals surface area (Å²) in [5.41, 5.74) is 14.0. The van der Waals surface area contributed by atoms with Crippen molar-refractivity contribution in [3.8, 4) is 29.4 Å². The summed E-state index contributed by atoms with van der Waals surface area (Å²) in [6.45, 7) is 16.5. The van der Waals surface area contributed by atoms with Crippen molar-refractivity contribution >= 4 is 111 Å². The van der Waals surface area contributed by atoms with Crippen LogP contribution in [0.15, 0.2) is 54.7 Å². The largest absolute Gasteiger partial charge is 0.508 e. The minimum Gasteiger partial charge on any atom is -0.508 e. The highest BCUT2D eigenvalue weighted by Crippen LogP contribution is 2.31. The summed E-state index contributed by atoms with van der Waals surface area (Å²) in [4.78, 5) is 235. The smallest absolute Gasteiger partial charge is 0.303 e. The molecule has 0 saturated carbocycles. The van der Waals surface area contributed by atoms with E-state index in [4.69, 9.17) is 11.5 Å². The molecule has 618 valence electrons. The summed E-state index contributed by atoms with van der Waals surface area (Å²) < 4.78 is 0. The first kappa shape index (κ1) is 96.0. The molecule has 4 unspecified atom stereocenters. The number of amides is 11. The number of carboxylic acids is 1. The Morgan fingerprint density at radius 3 is 1.70 bits per heavy atom. The number of phenols is 1. The minimum atomic E-state index is -1.85. The van der Waals surface area contributed by atoms with Crippen molar-refractivity contribution in [1.82, 2.24) is 69.0 Å². The van der Waals surface area contributed by atoms with Crippen molar-refractivity contribution in [2.24, 2.45) is 28.7 Å². The number of aromatic amines is 1. The number of aromatic hydroxyl groups is 1. The molecular weight excluding hydrogens is 1460 g/mol. The standard InChI is InChI=1S/C78H109N15O19.CH4/c1-42(2)36-53-41-82-57(30-32-61(79)96)66(102)64(100)45(5)84-73(109)60(38-52-40-81-56-25-21-20-24-55(52)56)89-74(110)59(37-51-26-28-54(95)29-27-51)88-72(108)58(31-33-62(97)98)90-75(111)77(11,39-43(3)94)34-22-18-16-14-13-15-17-19-23-35-78(12,91-71(53)107)76(112)87-50(10)70(106)86-49(9)69(105)85-48(8)68(104)83-44(4)63(99)65(101)46(6)92-93-47(7)67(80)103;/h20-21,24-29,40,42,44-50,53,57-60,81-82,92-93,95H,16,18-19,22-23,30-39,41H2,1-12H3,(H2,79,96)(H2,80,103)(H,83,104)(H,84,109)(H,85,105)(H,86,106)(H,87,112)(H,88,108)(H,89,110)(H,90,111)(H,91,107)(H,97,98);1H4/t44-,45?,46-,47+,48?,49-,50?,53+,57-,58-,59?,60-,77-,78-;/m0./s1. The first-order valence-electron chi connectivity index (χ1n) is 37.3. The maximum Gasteiger partial charge on any atom is 0.303 e. The quantitative estimate of drug-likeness (QED) is 0.0252. The lowest BCUT2D eigenvalue weighted by Crippen LogP contribution is -2.62. The Hall–Kier alpha value is -11.2. The van der Waals surface area contributed by atoms with Gasteiger partial charge in [0, 0.05) is 68.6 Å². The number of benzene rings is 2. The van der Waals surface area contributed by atoms with E-state index in [9.17, 15) is 91.7 Å². The number of para-hydroxylation sites is 1. The number of hydrazine groups is 1. The van der Waals surface area contributed by atoms with Gasteiger partial charge < -0.3 is 79.8 Å². The number of rotatable bonds is 29. The SMILES string of the molecule is C.CC(=O)C[C@]1(C)CCCCC#CC#CCCC[C@@](C)(C(=O)NC(C)C(=O)N[C@@H](C)C(=O)NC(C)C(=O)N[C@@H](C)C(=O)C(=O)[C@H](C)NN[C@H](C)C(N)=O)NC(=O)[C@H](CC(C)C)CN[C@@H](CCC(N)=O)C(=O)C(=O)C(C)NC(=O)[C@H](Cc2c[nH]c3ccccc23)NC(=O)C(Cc2ccc(O)cc2)NC(=O)[C@H](CCC(=O)O)NC1=O. The second-order valence-corrected chi connectivity index (χ2v) is 29.4. The fourth-order valence-corrected chi connectivity index (χ4v) is 12.1. The van der Waals surface area contributed by atoms with E-state index < -0.39 is 197 Å². The molecule has 11 amide bonds. The van der Waals surface area contributed by atoms with Gasteiger partial charge in [-0.05, 0) is 154 Å². The summed E-state index contributed by atoms with van der Waals surface area (Å²) in [5, 5.41) is 46.8. The number of carbonyl (C=O) groups excluding carboxylic acids is 16. The van der Waals surface area contributed by atoms with E-state index in [0.717, 1.165) is 0 Å². The van der Waals surface area contributed by atoms with Crippen LogP contribution in [0.4, 0.5) is 0 Å². The van der Waals surface area contributed by atoms with E-state index in [1.165, 1.54) is 93.5 Å². The monoisotopic (exact) mass is 1580 g/mol. The lowest BCUT2D eigenvalue weighted by Gasteiger charge is -2.33. The maximum atomic E-state index is 15.0. The Bertz CT molecular complexity index is 4080. The molecule has 2 aromatic carbocycles. The fourth-order valence-electron chi connectivity index (χ4n) is 12.1. The first-order valence-corrected chi connectivity index (χ1v) is 37.3. The topological polar surface area (TPSA) is 543 Å². The minimum absolute atomic E-state index is 0. The van der Waals surface area contributed by atoms with Crippen LogP contribution in [-0.2, 0) is 94.3 Å². The number of ketones is 5. The third-order valence-corrected chi connectivity index (χ3v) is 18.9. The molecule has 1 aromatic heterocycles. The summed E-state index contributed by atoms with van der Waals surface area (Å²) in [7, 11) is 0. The van der Waals surface area contributed by atoms with Gasteiger partial charge in [0.1, 0.15) is 53.3 Å². The molecule has 34 heteroatoms. The molecule has 0 radical (unpaired) electrons. The number of Topliss-reactive ketones (excluding diaryl/α,β-unsaturated/α-hetero) is 5. The number of hydrogen-bond donors (Lipinski definition) is 17. The highest BCUT2D eigenvalue weighted by Gasteiger charge is 2.42. The van der Waals surface area contributed by atoms with Crippen molar-refractivity contribution in [3.05, 3.63) is 65.9 Å². The first-order chi connectivity index (χ1) is 52.6. The lowest BCUT2D eigenvalue weighted by molar-refractivity contribution is -0.140. The van der Waals surface area contributed by atoms with Crippen LogP contribution in [0, 0.1) is 40.9 Å². The van der Waals surface area contributed by atoms with E-state index in [1.54, 1.807) is 44.3 Å². The lowest BCUT2D eigenvalue weighted by atomic mass is 9.79. The third-order valence-electron chi connectivity index (χ3n) is 18.9. The van der Waals surface area contributed by atoms with Crippen molar-refractivity contribution in [2.75, 3.05) is 6.54 Å². The van der Waals surface area contributed by atoms with Crippen molar-refractivity contribution in [2.45, 2.75) is 259 Å². The van der Waals surface area contributed by atoms with Crippen LogP contribution in [0.2, 0.25) is 0 Å². The van der Waals surface area contributed by atoms with Crippen LogP contribution in [-0.4, -0.2) is 194 Å². The van der Waals surface area contributed by atoms with Gasteiger partial charge in [-0.2, -0.15) is 0 Å². The van der Waals surface area contributed by atoms with Gasteiger partial charge in [-0.3, -0.25) is 81.5 Å². The number of fused-ring (bicyclic) bond motifs is 1. The Balaban J connectivity index is 0.0000331. The molecule has 2 heterocycles. The summed E-state index contributed by atoms with van der Waals surface area (Å²) in [6.07, 6.45) is 0.104. The normalized spacial score (nSPS) is 22.5. The molecule has 4 rings (SSSR count). The molecule has 0 fully saturated rings. The van der Waals surface area contributed by atoms with Gasteiger partial charge in [-0.1, -0.05) is 76.8 Å². The number of carboxylic acid groups (broad SMARTS) is 1. The molecule has 3 aromatic rings. The Morgan fingerprint density at radius 2 is 1.12 bits per heavy atom. The maximum absolute atomic E-state index is 15.0. The number of nitrogens with two attached hydrogens (primary N) is 2. The number of nitrogens with one attached hydrogen (secondary N) is 13. The summed E-state index contributed by atoms with van der Waals surface area (Å²) in [6, 6.07) is -2.90. The zero-order chi connectivity index (χ0) is 83.9. The molecule has 113 heavy (non-hydrogen) atoms. The van der Waals surface area contributed by atoms with Gasteiger partial charge >= 0.3 is 5.97 Å². The molecular formula is C79H113N15O19. The number of hydrogen-bond acceptors (Lipinski definition) is 21. The average molecular weight is 1580 g/mol. The van der Waals surface area contributed by atoms with Crippen LogP contribution in [0.3, 0.4) is 0 Å². The van der Waals surface area contributed by atoms with Gasteiger partial charge in [-0.25, -0.2) is 10.9 Å². The van der Waals surface area contributed by atoms with Crippen LogP contribution >= 0.6 is 0 Å². The summed E-state index contributed by atoms with van der Waals surface area (Å²) in [5.74, 6) is -5.70. The van der Waals surface area contributed by atoms with Crippen molar-refractivity contribution < 1.29 is 91.7 Å². The highest BCUT2D eigenvalue weighted by molar-refractivity contribution is 6.41. The molecule has 14 atom stereocenters. The van der Waals surface area contributed by atoms with E-state index >= 15 is 0 Å². The molecule has 0 aliphatic carbocycles. The highest BCUT2D eigenvalue weighted by atomic mass is 16.4. The Kier molecular flexibility index (Phi) is 39.0. The number of carbonyl (C=O) groups is 17. The summed E-state index contributed by atoms with van der Waals surface area (Å²) >= 11 is 0. The van der Waals surface area contributed by atoms with E-state index in [0.29, 0.717) is 34.9 Å². The number of primary amides is 2. The Labute approximate surface area is 658 Å². The predicted octanol–water partition coefficient (Wildman–Crippen LogP) is 0.268. The molecule has 1 aliphatic heterocycles. The molecule has 0 spiro atoms. The van der Waals surface area contributed by atoms with E-state index in [1.807, 2.05) is 0 Å². The number of aliphatic carboxylic acids is 1. The van der Waals surface area contributed by atoms with Gasteiger partial charge in [0.15, 0.2) is 0 Å². The number of aromatic nitrogens is 1. The van der Waals surface area contributed by atoms with Crippen molar-refractivity contribution in [1.29, 1.82) is 0 Å². The van der Waals surface area contributed by atoms with Gasteiger partial charge in [0.2, 0.25) is 88.1 Å². The van der Waals surface area contributed by atoms with Gasteiger partial charge in [0.05, 0.1) is 41.5 Å². The van der Waals surface area contributed by atoms with Crippen LogP contribution in [0.5, 0.6) is 5.75 Å². The van der Waals surface area contributed by atoms with Crippen molar-refractivity contribution in [3.63, 3.8) is 0 Å². The van der Waals surface area contributed by atoms with E-state index in [2.05, 4.69) is 92.7 Å². The van der Waals surface area contributed by atoms with Crippen LogP contribution < -0.4 is 75.5 Å². The van der Waals surface area contributed by atoms with Gasteiger partial charge in [-0.15, -0.1) is 0 Å². The predicted molar refractivity (Wildman–Crippen MR) is 417 cm³/mol. The molecule has 1 aliphatic rings. The zero-order valence-electron chi connectivity index (χ0n) is 65.5. The number of H-pyrrole nitrogens is 1. The van der Waals surface area contributed by atoms with Gasteiger partial charge in [0.25, 0.3) is 0 Å². The third kappa shape index (κ3) is 31.5. The number of phenolic OH excluding ortho intramolecular Hbond substituents is 1. The average Bonchev–Trinajstić information content (AvgIpc) is 1.73.